The molecule has 1 rings (SSSR count). The normalized spacial score (nSPS) is 19.9. The summed E-state index contributed by atoms with van der Waals surface area (Å²) in [5.74, 6) is 0.912. The summed E-state index contributed by atoms with van der Waals surface area (Å²) >= 11 is 0. The van der Waals surface area contributed by atoms with Crippen LogP contribution in [-0.2, 0) is 4.79 Å². The Morgan fingerprint density at radius 3 is 2.84 bits per heavy atom. The highest BCUT2D eigenvalue weighted by atomic mass is 16.1. The Balaban J connectivity index is 0. The van der Waals surface area contributed by atoms with Gasteiger partial charge in [-0.05, 0) is 45.6 Å². The average molecular weight is 270 g/mol. The molecule has 1 heterocycles. The number of nitrogens with one attached hydrogen (secondary N) is 1. The van der Waals surface area contributed by atoms with Gasteiger partial charge in [0.25, 0.3) is 0 Å². The first-order valence-electron chi connectivity index (χ1n) is 7.86. The lowest BCUT2D eigenvalue weighted by Crippen LogP contribution is -2.36. The van der Waals surface area contributed by atoms with Crippen molar-refractivity contribution in [2.75, 3.05) is 26.2 Å². The van der Waals surface area contributed by atoms with Crippen LogP contribution in [0.4, 0.5) is 0 Å². The predicted octanol–water partition coefficient (Wildman–Crippen LogP) is 3.46. The highest BCUT2D eigenvalue weighted by Gasteiger charge is 2.19. The first-order valence-corrected chi connectivity index (χ1v) is 7.86. The number of hydrogen-bond acceptors (Lipinski definition) is 2. The first-order chi connectivity index (χ1) is 9.26. The van der Waals surface area contributed by atoms with E-state index in [1.54, 1.807) is 0 Å². The minimum atomic E-state index is 0. The van der Waals surface area contributed by atoms with E-state index in [4.69, 9.17) is 0 Å². The molecule has 0 aliphatic carbocycles. The van der Waals surface area contributed by atoms with E-state index in [-0.39, 0.29) is 7.33 Å². The van der Waals surface area contributed by atoms with Gasteiger partial charge in [-0.1, -0.05) is 26.0 Å². The van der Waals surface area contributed by atoms with Gasteiger partial charge in [0.15, 0.2) is 0 Å². The van der Waals surface area contributed by atoms with Gasteiger partial charge >= 0.3 is 0 Å². The van der Waals surface area contributed by atoms with Crippen molar-refractivity contribution in [3.63, 3.8) is 0 Å². The number of carbonyl (C=O) groups excluding carboxylic acids is 1. The fourth-order valence-electron chi connectivity index (χ4n) is 2.43. The monoisotopic (exact) mass is 270 g/mol. The van der Waals surface area contributed by atoms with E-state index in [9.17, 15) is 4.79 Å². The van der Waals surface area contributed by atoms with Gasteiger partial charge in [-0.25, -0.2) is 0 Å². The fourth-order valence-corrected chi connectivity index (χ4v) is 2.43. The van der Waals surface area contributed by atoms with Crippen LogP contribution in [0, 0.1) is 5.92 Å². The molecule has 1 saturated heterocycles. The molecule has 0 aromatic carbocycles. The molecule has 0 bridgehead atoms. The van der Waals surface area contributed by atoms with Crippen LogP contribution in [0.5, 0.6) is 0 Å². The maximum Gasteiger partial charge on any atom is 0.219 e. The van der Waals surface area contributed by atoms with Crippen molar-refractivity contribution in [3.05, 3.63) is 12.2 Å². The Labute approximate surface area is 120 Å². The Hall–Kier alpha value is -0.830. The van der Waals surface area contributed by atoms with E-state index in [0.29, 0.717) is 12.3 Å². The topological polar surface area (TPSA) is 32.3 Å². The standard InChI is InChI=1S/C14H26N2O.C2H6.H2/c1-3-5-10-16-11-6-7-13(12-16)8-9-14(17)15-4-2;1-2;/h3,5,13H,4,6-12H2,1-2H3,(H,15,17);1-2H3;1H/b5-3+;;. The van der Waals surface area contributed by atoms with Crippen molar-refractivity contribution in [2.45, 2.75) is 53.4 Å². The van der Waals surface area contributed by atoms with Gasteiger partial charge in [0, 0.05) is 27.5 Å². The smallest absolute Gasteiger partial charge is 0.219 e. The molecule has 0 aromatic heterocycles. The van der Waals surface area contributed by atoms with Crippen LogP contribution in [-0.4, -0.2) is 37.0 Å². The van der Waals surface area contributed by atoms with Crippen molar-refractivity contribution in [1.82, 2.24) is 10.2 Å². The Bertz CT molecular complexity index is 257. The number of allylic oxidation sites excluding steroid dienone is 1. The van der Waals surface area contributed by atoms with E-state index in [1.165, 1.54) is 19.4 Å². The zero-order valence-corrected chi connectivity index (χ0v) is 13.2. The molecule has 1 N–H and O–H groups in total. The van der Waals surface area contributed by atoms with Crippen LogP contribution in [0.25, 0.3) is 0 Å². The second-order valence-corrected chi connectivity index (χ2v) is 4.83. The molecule has 1 atom stereocenters. The van der Waals surface area contributed by atoms with Crippen LogP contribution in [0.15, 0.2) is 12.2 Å². The number of amides is 1. The predicted molar refractivity (Wildman–Crippen MR) is 85.4 cm³/mol. The molecule has 19 heavy (non-hydrogen) atoms. The van der Waals surface area contributed by atoms with Crippen LogP contribution < -0.4 is 5.32 Å². The van der Waals surface area contributed by atoms with Crippen molar-refractivity contribution >= 4 is 5.91 Å². The quantitative estimate of drug-likeness (QED) is 0.750. The Kier molecular flexibility index (Phi) is 11.7. The van der Waals surface area contributed by atoms with Gasteiger partial charge in [-0.15, -0.1) is 0 Å². The summed E-state index contributed by atoms with van der Waals surface area (Å²) in [6.07, 6.45) is 8.61. The average Bonchev–Trinajstić information content (AvgIpc) is 2.46. The number of nitrogens with zero attached hydrogens (tertiary/aromatic N) is 1. The lowest BCUT2D eigenvalue weighted by atomic mass is 9.93. The van der Waals surface area contributed by atoms with E-state index < -0.39 is 0 Å². The third-order valence-corrected chi connectivity index (χ3v) is 3.36. The maximum absolute atomic E-state index is 11.4. The van der Waals surface area contributed by atoms with Crippen molar-refractivity contribution in [1.29, 1.82) is 0 Å². The number of rotatable bonds is 6. The SMILES string of the molecule is C/C=C/CN1CCCC(CCC(=O)NCC)C1.CC.[HH]. The third-order valence-electron chi connectivity index (χ3n) is 3.36. The number of hydrogen-bond donors (Lipinski definition) is 1. The molecule has 0 spiro atoms. The lowest BCUT2D eigenvalue weighted by molar-refractivity contribution is -0.121. The maximum atomic E-state index is 11.4. The number of carbonyl (C=O) groups is 1. The van der Waals surface area contributed by atoms with E-state index in [0.717, 1.165) is 26.1 Å². The zero-order valence-electron chi connectivity index (χ0n) is 13.2. The molecule has 1 unspecified atom stereocenters. The highest BCUT2D eigenvalue weighted by Crippen LogP contribution is 2.20. The number of likely N-dealkylation sites (tertiary alicyclic amines) is 1. The molecule has 114 valence electrons. The fraction of sp³-hybridized carbons (Fsp3) is 0.812. The van der Waals surface area contributed by atoms with Crippen molar-refractivity contribution in [2.24, 2.45) is 5.92 Å². The molecular weight excluding hydrogens is 236 g/mol. The second-order valence-electron chi connectivity index (χ2n) is 4.83. The molecule has 3 heteroatoms. The van der Waals surface area contributed by atoms with Crippen LogP contribution in [0.3, 0.4) is 0 Å². The summed E-state index contributed by atoms with van der Waals surface area (Å²) in [4.78, 5) is 13.9. The summed E-state index contributed by atoms with van der Waals surface area (Å²) in [7, 11) is 0. The van der Waals surface area contributed by atoms with Crippen molar-refractivity contribution < 1.29 is 6.22 Å². The summed E-state index contributed by atoms with van der Waals surface area (Å²) in [6, 6.07) is 0. The van der Waals surface area contributed by atoms with Gasteiger partial charge in [-0.3, -0.25) is 9.69 Å². The van der Waals surface area contributed by atoms with Gasteiger partial charge in [0.05, 0.1) is 0 Å². The molecule has 1 fully saturated rings. The van der Waals surface area contributed by atoms with Crippen LogP contribution in [0.1, 0.15) is 54.8 Å². The zero-order chi connectivity index (χ0) is 14.5. The molecule has 0 radical (unpaired) electrons. The van der Waals surface area contributed by atoms with E-state index >= 15 is 0 Å². The molecule has 1 aliphatic heterocycles. The summed E-state index contributed by atoms with van der Waals surface area (Å²) in [5, 5.41) is 2.87. The van der Waals surface area contributed by atoms with Gasteiger partial charge in [-0.2, -0.15) is 0 Å². The molecule has 3 nitrogen and oxygen atoms in total. The summed E-state index contributed by atoms with van der Waals surface area (Å²) in [5.41, 5.74) is 0. The third kappa shape index (κ3) is 8.82. The Morgan fingerprint density at radius 1 is 1.47 bits per heavy atom. The lowest BCUT2D eigenvalue weighted by Gasteiger charge is -2.31. The molecule has 0 aromatic rings. The molecular formula is C16H34N2O. The minimum absolute atomic E-state index is 0. The second kappa shape index (κ2) is 12.2. The van der Waals surface area contributed by atoms with Gasteiger partial charge in [0.2, 0.25) is 5.91 Å². The molecule has 1 amide bonds. The van der Waals surface area contributed by atoms with Crippen LogP contribution in [0.2, 0.25) is 0 Å². The van der Waals surface area contributed by atoms with E-state index in [1.807, 2.05) is 20.8 Å². The molecule has 0 saturated carbocycles. The van der Waals surface area contributed by atoms with Gasteiger partial charge in [0.1, 0.15) is 0 Å². The van der Waals surface area contributed by atoms with Crippen LogP contribution >= 0.6 is 0 Å². The number of piperidine rings is 1. The van der Waals surface area contributed by atoms with Crippen molar-refractivity contribution in [3.8, 4) is 0 Å². The summed E-state index contributed by atoms with van der Waals surface area (Å²) < 4.78 is 0. The Morgan fingerprint density at radius 2 is 2.21 bits per heavy atom. The summed E-state index contributed by atoms with van der Waals surface area (Å²) in [6.45, 7) is 12.2. The van der Waals surface area contributed by atoms with E-state index in [2.05, 4.69) is 29.3 Å². The highest BCUT2D eigenvalue weighted by molar-refractivity contribution is 5.75. The largest absolute Gasteiger partial charge is 0.356 e. The van der Waals surface area contributed by atoms with Gasteiger partial charge < -0.3 is 5.32 Å². The minimum Gasteiger partial charge on any atom is -0.356 e. The first kappa shape index (κ1) is 18.2. The molecule has 1 aliphatic rings.